The molecular weight excluding hydrogens is 228 g/mol. The molecule has 0 aliphatic carbocycles. The number of amides is 2. The van der Waals surface area contributed by atoms with E-state index >= 15 is 0 Å². The number of imide groups is 1. The Morgan fingerprint density at radius 2 is 1.88 bits per heavy atom. The zero-order valence-electron chi connectivity index (χ0n) is 9.89. The average Bonchev–Trinajstić information content (AvgIpc) is 2.25. The summed E-state index contributed by atoms with van der Waals surface area (Å²) in [6.45, 7) is 3.75. The average molecular weight is 244 g/mol. The van der Waals surface area contributed by atoms with Crippen molar-refractivity contribution in [2.75, 3.05) is 26.4 Å². The van der Waals surface area contributed by atoms with Crippen molar-refractivity contribution in [1.82, 2.24) is 10.2 Å². The minimum atomic E-state index is -0.877. The molecule has 0 aromatic carbocycles. The van der Waals surface area contributed by atoms with Gasteiger partial charge in [0.1, 0.15) is 0 Å². The molecule has 2 amide bonds. The summed E-state index contributed by atoms with van der Waals surface area (Å²) >= 11 is 0. The fraction of sp³-hybridized carbons (Fsp3) is 0.700. The molecule has 0 unspecified atom stereocenters. The highest BCUT2D eigenvalue weighted by molar-refractivity contribution is 5.99. The van der Waals surface area contributed by atoms with Crippen molar-refractivity contribution in [2.45, 2.75) is 13.8 Å². The number of ether oxygens (including phenoxy) is 2. The van der Waals surface area contributed by atoms with Gasteiger partial charge in [-0.25, -0.2) is 9.69 Å². The minimum Gasteiger partial charge on any atom is -0.434 e. The third-order valence-corrected chi connectivity index (χ3v) is 2.00. The van der Waals surface area contributed by atoms with Crippen LogP contribution in [0.3, 0.4) is 0 Å². The Morgan fingerprint density at radius 3 is 2.41 bits per heavy atom. The van der Waals surface area contributed by atoms with Gasteiger partial charge in [-0.3, -0.25) is 14.9 Å². The highest BCUT2D eigenvalue weighted by Crippen LogP contribution is 1.99. The van der Waals surface area contributed by atoms with Gasteiger partial charge in [-0.05, 0) is 5.92 Å². The number of carbonyl (C=O) groups is 3. The Bertz CT molecular complexity index is 300. The Morgan fingerprint density at radius 1 is 1.29 bits per heavy atom. The van der Waals surface area contributed by atoms with Gasteiger partial charge in [-0.1, -0.05) is 13.8 Å². The molecule has 1 saturated heterocycles. The fourth-order valence-electron chi connectivity index (χ4n) is 1.14. The van der Waals surface area contributed by atoms with Crippen molar-refractivity contribution < 1.29 is 23.9 Å². The molecule has 0 atom stereocenters. The van der Waals surface area contributed by atoms with Gasteiger partial charge in [0, 0.05) is 0 Å². The van der Waals surface area contributed by atoms with Gasteiger partial charge in [0.2, 0.25) is 11.8 Å². The molecule has 17 heavy (non-hydrogen) atoms. The van der Waals surface area contributed by atoms with Crippen molar-refractivity contribution in [3.05, 3.63) is 0 Å². The van der Waals surface area contributed by atoms with Crippen LogP contribution in [-0.2, 0) is 19.1 Å². The monoisotopic (exact) mass is 244 g/mol. The Balaban J connectivity index is 2.31. The van der Waals surface area contributed by atoms with Gasteiger partial charge < -0.3 is 9.47 Å². The van der Waals surface area contributed by atoms with Crippen LogP contribution in [0.4, 0.5) is 4.79 Å². The summed E-state index contributed by atoms with van der Waals surface area (Å²) in [6.07, 6.45) is -0.877. The van der Waals surface area contributed by atoms with Crippen molar-refractivity contribution in [1.29, 1.82) is 0 Å². The molecule has 0 saturated carbocycles. The van der Waals surface area contributed by atoms with Gasteiger partial charge in [-0.2, -0.15) is 0 Å². The van der Waals surface area contributed by atoms with E-state index in [0.717, 1.165) is 4.90 Å². The first-order chi connectivity index (χ1) is 8.00. The molecule has 1 rings (SSSR count). The van der Waals surface area contributed by atoms with Crippen LogP contribution >= 0.6 is 0 Å². The summed E-state index contributed by atoms with van der Waals surface area (Å²) in [5, 5.41) is 2.63. The topological polar surface area (TPSA) is 84.9 Å². The summed E-state index contributed by atoms with van der Waals surface area (Å²) in [5.41, 5.74) is 0. The van der Waals surface area contributed by atoms with Crippen molar-refractivity contribution in [3.8, 4) is 0 Å². The Hall–Kier alpha value is -1.63. The Labute approximate surface area is 99.0 Å². The molecule has 1 aliphatic heterocycles. The fourth-order valence-corrected chi connectivity index (χ4v) is 1.14. The van der Waals surface area contributed by atoms with Crippen LogP contribution in [-0.4, -0.2) is 49.3 Å². The number of hydrogen-bond acceptors (Lipinski definition) is 6. The summed E-state index contributed by atoms with van der Waals surface area (Å²) in [5.74, 6) is -0.638. The van der Waals surface area contributed by atoms with E-state index in [9.17, 15) is 14.4 Å². The molecule has 1 aliphatic rings. The molecule has 1 heterocycles. The van der Waals surface area contributed by atoms with Crippen molar-refractivity contribution >= 4 is 18.0 Å². The molecular formula is C10H16N2O5. The second-order valence-electron chi connectivity index (χ2n) is 4.05. The first-order valence-corrected chi connectivity index (χ1v) is 5.34. The Kier molecular flexibility index (Phi) is 4.89. The smallest absolute Gasteiger partial charge is 0.434 e. The molecule has 7 nitrogen and oxygen atoms in total. The van der Waals surface area contributed by atoms with Crippen LogP contribution < -0.4 is 5.32 Å². The number of carbonyl (C=O) groups excluding carboxylic acids is 3. The molecule has 1 fully saturated rings. The van der Waals surface area contributed by atoms with Crippen LogP contribution in [0.2, 0.25) is 0 Å². The maximum atomic E-state index is 11.3. The SMILES string of the molecule is CC(C)COC(=O)OCN1C(=O)CNCC1=O. The molecule has 0 radical (unpaired) electrons. The zero-order chi connectivity index (χ0) is 12.8. The summed E-state index contributed by atoms with van der Waals surface area (Å²) in [4.78, 5) is 34.6. The first-order valence-electron chi connectivity index (χ1n) is 5.34. The largest absolute Gasteiger partial charge is 0.510 e. The van der Waals surface area contributed by atoms with E-state index < -0.39 is 24.7 Å². The van der Waals surface area contributed by atoms with Gasteiger partial charge in [0.05, 0.1) is 19.7 Å². The molecule has 0 spiro atoms. The second kappa shape index (κ2) is 6.19. The van der Waals surface area contributed by atoms with Gasteiger partial charge in [0.25, 0.3) is 0 Å². The lowest BCUT2D eigenvalue weighted by Crippen LogP contribution is -2.52. The predicted octanol–water partition coefficient (Wildman–Crippen LogP) is -0.289. The van der Waals surface area contributed by atoms with E-state index in [2.05, 4.69) is 10.1 Å². The number of rotatable bonds is 4. The highest BCUT2D eigenvalue weighted by Gasteiger charge is 2.26. The van der Waals surface area contributed by atoms with Gasteiger partial charge >= 0.3 is 6.16 Å². The van der Waals surface area contributed by atoms with Crippen molar-refractivity contribution in [3.63, 3.8) is 0 Å². The van der Waals surface area contributed by atoms with Crippen LogP contribution in [0.15, 0.2) is 0 Å². The van der Waals surface area contributed by atoms with Crippen LogP contribution in [0.5, 0.6) is 0 Å². The standard InChI is InChI=1S/C10H16N2O5/c1-7(2)5-16-10(15)17-6-12-8(13)3-11-4-9(12)14/h7,11H,3-6H2,1-2H3. The van der Waals surface area contributed by atoms with E-state index in [4.69, 9.17) is 4.74 Å². The third-order valence-electron chi connectivity index (χ3n) is 2.00. The van der Waals surface area contributed by atoms with Gasteiger partial charge in [-0.15, -0.1) is 0 Å². The maximum absolute atomic E-state index is 11.3. The molecule has 0 aromatic rings. The normalized spacial score (nSPS) is 16.3. The number of nitrogens with zero attached hydrogens (tertiary/aromatic N) is 1. The van der Waals surface area contributed by atoms with Gasteiger partial charge in [0.15, 0.2) is 6.73 Å². The van der Waals surface area contributed by atoms with Crippen LogP contribution in [0, 0.1) is 5.92 Å². The number of piperazine rings is 1. The maximum Gasteiger partial charge on any atom is 0.510 e. The molecule has 96 valence electrons. The van der Waals surface area contributed by atoms with Crippen molar-refractivity contribution in [2.24, 2.45) is 5.92 Å². The zero-order valence-corrected chi connectivity index (χ0v) is 9.89. The number of hydrogen-bond donors (Lipinski definition) is 1. The van der Waals surface area contributed by atoms with E-state index in [0.29, 0.717) is 0 Å². The second-order valence-corrected chi connectivity index (χ2v) is 4.05. The summed E-state index contributed by atoms with van der Waals surface area (Å²) in [7, 11) is 0. The highest BCUT2D eigenvalue weighted by atomic mass is 16.7. The summed E-state index contributed by atoms with van der Waals surface area (Å²) < 4.78 is 9.41. The first kappa shape index (κ1) is 13.4. The molecule has 0 bridgehead atoms. The lowest BCUT2D eigenvalue weighted by Gasteiger charge is -2.24. The quantitative estimate of drug-likeness (QED) is 0.540. The van der Waals surface area contributed by atoms with E-state index in [-0.39, 0.29) is 25.6 Å². The summed E-state index contributed by atoms with van der Waals surface area (Å²) in [6, 6.07) is 0. The van der Waals surface area contributed by atoms with Crippen LogP contribution in [0.1, 0.15) is 13.8 Å². The van der Waals surface area contributed by atoms with E-state index in [1.54, 1.807) is 0 Å². The van der Waals surface area contributed by atoms with E-state index in [1.807, 2.05) is 13.8 Å². The molecule has 7 heteroatoms. The number of nitrogens with one attached hydrogen (secondary N) is 1. The predicted molar refractivity (Wildman–Crippen MR) is 56.9 cm³/mol. The molecule has 0 aromatic heterocycles. The van der Waals surface area contributed by atoms with E-state index in [1.165, 1.54) is 0 Å². The molecule has 1 N–H and O–H groups in total. The lowest BCUT2D eigenvalue weighted by molar-refractivity contribution is -0.151. The third kappa shape index (κ3) is 4.39. The van der Waals surface area contributed by atoms with Crippen LogP contribution in [0.25, 0.3) is 0 Å². The minimum absolute atomic E-state index is 0.0656. The lowest BCUT2D eigenvalue weighted by atomic mass is 10.2.